The number of rotatable bonds is 25. The average Bonchev–Trinajstić information content (AvgIpc) is 3.54. The number of unbranched alkanes of at least 4 members (excludes halogenated alkanes) is 4. The van der Waals surface area contributed by atoms with Gasteiger partial charge in [-0.05, 0) is 49.1 Å². The molecule has 1 unspecified atom stereocenters. The minimum Gasteiger partial charge on any atom is -0.392 e. The monoisotopic (exact) mass is 759 g/mol. The number of carbonyl (C=O) groups is 4. The van der Waals surface area contributed by atoms with Crippen molar-refractivity contribution < 1.29 is 24.3 Å². The molecule has 13 heteroatoms. The summed E-state index contributed by atoms with van der Waals surface area (Å²) in [6.45, 7) is 8.32. The molecule has 0 aliphatic rings. The maximum atomic E-state index is 13.3. The molecule has 0 saturated heterocycles. The largest absolute Gasteiger partial charge is 0.392 e. The number of aliphatic imine (C=N–C) groups is 1. The predicted octanol–water partition coefficient (Wildman–Crippen LogP) is 6.69. The van der Waals surface area contributed by atoms with Gasteiger partial charge in [-0.2, -0.15) is 0 Å². The molecule has 0 fully saturated rings. The molecule has 0 spiro atoms. The summed E-state index contributed by atoms with van der Waals surface area (Å²) >= 11 is 4.32. The third-order valence-electron chi connectivity index (χ3n) is 7.86. The Kier molecular flexibility index (Phi) is 22.6. The summed E-state index contributed by atoms with van der Waals surface area (Å²) in [5, 5.41) is 20.1. The van der Waals surface area contributed by atoms with Crippen molar-refractivity contribution in [1.29, 1.82) is 0 Å². The first-order chi connectivity index (χ1) is 24.7. The molecule has 2 aromatic rings. The number of carbonyl (C=O) groups excluding carboxylic acids is 4. The number of aldehydes is 1. The molecule has 282 valence electrons. The van der Waals surface area contributed by atoms with E-state index in [0.717, 1.165) is 47.3 Å². The first kappa shape index (κ1) is 44.3. The van der Waals surface area contributed by atoms with Crippen LogP contribution in [0, 0.1) is 5.92 Å². The standard InChI is InChI=1S/C38H57N5O5S3/c1-6-8-9-10-11-15-33(47)49-23-13-12-14-30(42-37(48)34(39-5)27(3)4)24-31(46)41-25-32-43-35(38(40-20-21-44)50-22-7-2)36(51-32)29-18-16-28(26-45)17-19-29/h12,14,16-19,21,27,30,34,39,45H,6-11,13,15,20,22-26H2,1-5H3,(H,41,46)(H,42,48)/b14-12+,40-38?/t30?,34-/m0/s1. The van der Waals surface area contributed by atoms with Crippen LogP contribution in [0.15, 0.2) is 41.4 Å². The van der Waals surface area contributed by atoms with E-state index in [4.69, 9.17) is 4.98 Å². The SMILES string of the molecule is CCCCCCCC(=O)SCC/C=C/C(CC(=O)NCc1nc(C(=NCC=O)SCCC)c(-c2ccc(CO)cc2)s1)NC(=O)[C@@H](NC)C(C)C. The maximum absolute atomic E-state index is 13.3. The number of aliphatic hydroxyl groups excluding tert-OH is 1. The number of thiazole rings is 1. The van der Waals surface area contributed by atoms with E-state index in [9.17, 15) is 24.3 Å². The minimum atomic E-state index is -0.536. The number of likely N-dealkylation sites (N-methyl/N-ethyl adjacent to an activating group) is 1. The van der Waals surface area contributed by atoms with Crippen LogP contribution < -0.4 is 16.0 Å². The number of aromatic nitrogens is 1. The third kappa shape index (κ3) is 17.0. The van der Waals surface area contributed by atoms with Gasteiger partial charge in [0.2, 0.25) is 11.8 Å². The van der Waals surface area contributed by atoms with E-state index in [-0.39, 0.29) is 49.0 Å². The van der Waals surface area contributed by atoms with Gasteiger partial charge in [-0.3, -0.25) is 19.4 Å². The Hall–Kier alpha value is -2.84. The molecule has 1 heterocycles. The van der Waals surface area contributed by atoms with Crippen LogP contribution in [-0.4, -0.2) is 75.5 Å². The van der Waals surface area contributed by atoms with Crippen LogP contribution in [0.2, 0.25) is 0 Å². The van der Waals surface area contributed by atoms with Crippen molar-refractivity contribution in [2.75, 3.05) is 25.1 Å². The van der Waals surface area contributed by atoms with Crippen LogP contribution in [0.1, 0.15) is 102 Å². The van der Waals surface area contributed by atoms with E-state index in [1.165, 1.54) is 42.4 Å². The Bertz CT molecular complexity index is 1410. The molecule has 0 radical (unpaired) electrons. The lowest BCUT2D eigenvalue weighted by Crippen LogP contribution is -2.49. The number of nitrogens with zero attached hydrogens (tertiary/aromatic N) is 2. The molecule has 51 heavy (non-hydrogen) atoms. The van der Waals surface area contributed by atoms with E-state index in [2.05, 4.69) is 34.8 Å². The van der Waals surface area contributed by atoms with E-state index in [1.54, 1.807) is 18.8 Å². The molecule has 10 nitrogen and oxygen atoms in total. The van der Waals surface area contributed by atoms with Gasteiger partial charge in [-0.15, -0.1) is 23.1 Å². The third-order valence-corrected chi connectivity index (χ3v) is 11.1. The fourth-order valence-electron chi connectivity index (χ4n) is 5.15. The van der Waals surface area contributed by atoms with Gasteiger partial charge in [0.15, 0.2) is 5.12 Å². The summed E-state index contributed by atoms with van der Waals surface area (Å²) in [6, 6.07) is 6.61. The predicted molar refractivity (Wildman–Crippen MR) is 214 cm³/mol. The average molecular weight is 760 g/mol. The number of amides is 2. The van der Waals surface area contributed by atoms with Gasteiger partial charge in [0.25, 0.3) is 0 Å². The van der Waals surface area contributed by atoms with Crippen LogP contribution in [0.3, 0.4) is 0 Å². The zero-order valence-corrected chi connectivity index (χ0v) is 33.3. The maximum Gasteiger partial charge on any atom is 0.237 e. The molecule has 0 aliphatic heterocycles. The van der Waals surface area contributed by atoms with Crippen molar-refractivity contribution in [3.63, 3.8) is 0 Å². The molecule has 0 aliphatic carbocycles. The van der Waals surface area contributed by atoms with E-state index in [1.807, 2.05) is 50.3 Å². The highest BCUT2D eigenvalue weighted by Crippen LogP contribution is 2.33. The lowest BCUT2D eigenvalue weighted by molar-refractivity contribution is -0.125. The van der Waals surface area contributed by atoms with Crippen molar-refractivity contribution in [3.05, 3.63) is 52.7 Å². The van der Waals surface area contributed by atoms with Crippen LogP contribution in [0.4, 0.5) is 0 Å². The summed E-state index contributed by atoms with van der Waals surface area (Å²) in [4.78, 5) is 60.1. The topological polar surface area (TPSA) is 150 Å². The van der Waals surface area contributed by atoms with E-state index >= 15 is 0 Å². The van der Waals surface area contributed by atoms with Crippen molar-refractivity contribution >= 4 is 63.1 Å². The Morgan fingerprint density at radius 1 is 1.02 bits per heavy atom. The van der Waals surface area contributed by atoms with Gasteiger partial charge in [-0.25, -0.2) is 4.98 Å². The zero-order chi connectivity index (χ0) is 37.4. The Morgan fingerprint density at radius 3 is 2.41 bits per heavy atom. The number of aliphatic hydroxyl groups is 1. The molecule has 2 amide bonds. The van der Waals surface area contributed by atoms with Gasteiger partial charge in [0, 0.05) is 12.2 Å². The molecular weight excluding hydrogens is 703 g/mol. The second kappa shape index (κ2) is 26.0. The molecular formula is C38H57N5O5S3. The van der Waals surface area contributed by atoms with Crippen molar-refractivity contribution in [2.45, 2.75) is 111 Å². The van der Waals surface area contributed by atoms with Gasteiger partial charge < -0.3 is 25.9 Å². The summed E-state index contributed by atoms with van der Waals surface area (Å²) in [6.07, 6.45) is 12.3. The van der Waals surface area contributed by atoms with Gasteiger partial charge in [0.1, 0.15) is 22.0 Å². The summed E-state index contributed by atoms with van der Waals surface area (Å²) < 4.78 is 0. The second-order valence-corrected chi connectivity index (χ2v) is 15.8. The zero-order valence-electron chi connectivity index (χ0n) is 30.9. The number of nitrogens with one attached hydrogen (secondary N) is 3. The van der Waals surface area contributed by atoms with Gasteiger partial charge >= 0.3 is 0 Å². The highest BCUT2D eigenvalue weighted by molar-refractivity contribution is 8.14. The molecule has 0 bridgehead atoms. The Balaban J connectivity index is 2.16. The molecule has 2 rings (SSSR count). The Morgan fingerprint density at radius 2 is 1.76 bits per heavy atom. The smallest absolute Gasteiger partial charge is 0.237 e. The molecule has 1 aromatic heterocycles. The quantitative estimate of drug-likeness (QED) is 0.0286. The summed E-state index contributed by atoms with van der Waals surface area (Å²) in [5.74, 6) is 1.08. The summed E-state index contributed by atoms with van der Waals surface area (Å²) in [7, 11) is 1.74. The highest BCUT2D eigenvalue weighted by atomic mass is 32.2. The van der Waals surface area contributed by atoms with Crippen LogP contribution in [-0.2, 0) is 32.3 Å². The van der Waals surface area contributed by atoms with Crippen molar-refractivity contribution in [1.82, 2.24) is 20.9 Å². The molecule has 1 aromatic carbocycles. The fourth-order valence-corrected chi connectivity index (χ4v) is 7.84. The van der Waals surface area contributed by atoms with Crippen LogP contribution >= 0.6 is 34.9 Å². The van der Waals surface area contributed by atoms with Crippen molar-refractivity contribution in [3.8, 4) is 10.4 Å². The Labute approximate surface area is 316 Å². The highest BCUT2D eigenvalue weighted by Gasteiger charge is 2.24. The normalized spacial score (nSPS) is 13.0. The summed E-state index contributed by atoms with van der Waals surface area (Å²) in [5.41, 5.74) is 2.35. The van der Waals surface area contributed by atoms with E-state index < -0.39 is 12.1 Å². The van der Waals surface area contributed by atoms with Crippen LogP contribution in [0.5, 0.6) is 0 Å². The molecule has 0 saturated carbocycles. The van der Waals surface area contributed by atoms with Gasteiger partial charge in [0.05, 0.1) is 43.1 Å². The minimum absolute atomic E-state index is 0.0263. The number of hydrogen-bond acceptors (Lipinski definition) is 11. The fraction of sp³-hybridized carbons (Fsp3) is 0.579. The number of allylic oxidation sites excluding steroid dienone is 1. The number of benzene rings is 1. The second-order valence-electron chi connectivity index (χ2n) is 12.5. The lowest BCUT2D eigenvalue weighted by atomic mass is 10.0. The first-order valence-electron chi connectivity index (χ1n) is 18.0. The first-order valence-corrected chi connectivity index (χ1v) is 20.8. The van der Waals surface area contributed by atoms with E-state index in [0.29, 0.717) is 34.3 Å². The van der Waals surface area contributed by atoms with Crippen molar-refractivity contribution in [2.24, 2.45) is 10.9 Å². The van der Waals surface area contributed by atoms with Gasteiger partial charge in [-0.1, -0.05) is 102 Å². The molecule has 4 N–H and O–H groups in total. The molecule has 2 atom stereocenters. The lowest BCUT2D eigenvalue weighted by Gasteiger charge is -2.23. The van der Waals surface area contributed by atoms with Crippen LogP contribution in [0.25, 0.3) is 10.4 Å². The number of thioether (sulfide) groups is 2. The number of hydrogen-bond donors (Lipinski definition) is 4.